The largest absolute Gasteiger partial charge is 0.497 e. The number of nitro groups is 1. The topological polar surface area (TPSA) is 88.0 Å². The fourth-order valence-electron chi connectivity index (χ4n) is 3.53. The smallest absolute Gasteiger partial charge is 0.293 e. The molecule has 2 aromatic rings. The Morgan fingerprint density at radius 2 is 1.90 bits per heavy atom. The second-order valence-electron chi connectivity index (χ2n) is 7.01. The molecule has 1 heterocycles. The summed E-state index contributed by atoms with van der Waals surface area (Å²) in [5.74, 6) is 0.668. The first kappa shape index (κ1) is 20.6. The molecule has 29 heavy (non-hydrogen) atoms. The van der Waals surface area contributed by atoms with Crippen LogP contribution in [0, 0.1) is 10.1 Å². The number of nitro benzene ring substituents is 1. The molecule has 0 radical (unpaired) electrons. The standard InChI is InChI=1S/C21H26N4O4/c1-22-19-9-6-17(14-20(19)25(27)28)21(26)24-11-3-10-23(12-13-24)15-16-4-7-18(29-2)8-5-16/h4-9,14,22H,3,10-13,15H2,1-2H3. The highest BCUT2D eigenvalue weighted by atomic mass is 16.6. The Hall–Kier alpha value is -3.13. The molecule has 0 aliphatic carbocycles. The van der Waals surface area contributed by atoms with Gasteiger partial charge in [0.05, 0.1) is 12.0 Å². The summed E-state index contributed by atoms with van der Waals surface area (Å²) in [4.78, 5) is 27.8. The Morgan fingerprint density at radius 3 is 2.55 bits per heavy atom. The number of carbonyl (C=O) groups is 1. The first-order chi connectivity index (χ1) is 14.0. The highest BCUT2D eigenvalue weighted by molar-refractivity contribution is 5.95. The monoisotopic (exact) mass is 398 g/mol. The molecule has 1 aliphatic rings. The van der Waals surface area contributed by atoms with Gasteiger partial charge in [0.1, 0.15) is 11.4 Å². The van der Waals surface area contributed by atoms with E-state index in [0.717, 1.165) is 31.8 Å². The molecule has 1 saturated heterocycles. The van der Waals surface area contributed by atoms with Crippen LogP contribution >= 0.6 is 0 Å². The van der Waals surface area contributed by atoms with Crippen molar-refractivity contribution in [3.05, 3.63) is 63.7 Å². The number of benzene rings is 2. The lowest BCUT2D eigenvalue weighted by Crippen LogP contribution is -2.35. The van der Waals surface area contributed by atoms with Crippen LogP contribution in [0.3, 0.4) is 0 Å². The van der Waals surface area contributed by atoms with Crippen LogP contribution < -0.4 is 10.1 Å². The molecule has 8 heteroatoms. The summed E-state index contributed by atoms with van der Waals surface area (Å²) in [6, 6.07) is 12.6. The molecule has 0 bridgehead atoms. The van der Waals surface area contributed by atoms with Gasteiger partial charge < -0.3 is 15.0 Å². The van der Waals surface area contributed by atoms with Gasteiger partial charge in [0.25, 0.3) is 11.6 Å². The van der Waals surface area contributed by atoms with Crippen molar-refractivity contribution in [1.82, 2.24) is 9.80 Å². The lowest BCUT2D eigenvalue weighted by molar-refractivity contribution is -0.384. The average Bonchev–Trinajstić information content (AvgIpc) is 2.98. The SMILES string of the molecule is CNc1ccc(C(=O)N2CCCN(Cc3ccc(OC)cc3)CC2)cc1[N+](=O)[O-]. The zero-order valence-electron chi connectivity index (χ0n) is 16.8. The van der Waals surface area contributed by atoms with Crippen molar-refractivity contribution in [3.8, 4) is 5.75 Å². The lowest BCUT2D eigenvalue weighted by Gasteiger charge is -2.22. The Balaban J connectivity index is 1.64. The number of nitrogens with one attached hydrogen (secondary N) is 1. The molecule has 3 rings (SSSR count). The molecule has 0 spiro atoms. The number of ether oxygens (including phenoxy) is 1. The maximum absolute atomic E-state index is 12.9. The van der Waals surface area contributed by atoms with Crippen LogP contribution in [0.15, 0.2) is 42.5 Å². The van der Waals surface area contributed by atoms with Crippen LogP contribution in [-0.2, 0) is 6.54 Å². The zero-order valence-corrected chi connectivity index (χ0v) is 16.8. The normalized spacial score (nSPS) is 14.9. The number of carbonyl (C=O) groups excluding carboxylic acids is 1. The Bertz CT molecular complexity index is 869. The van der Waals surface area contributed by atoms with E-state index in [4.69, 9.17) is 4.74 Å². The molecule has 1 amide bonds. The second kappa shape index (κ2) is 9.38. The van der Waals surface area contributed by atoms with Crippen molar-refractivity contribution in [2.45, 2.75) is 13.0 Å². The van der Waals surface area contributed by atoms with E-state index in [9.17, 15) is 14.9 Å². The van der Waals surface area contributed by atoms with E-state index in [1.54, 1.807) is 31.2 Å². The molecular weight excluding hydrogens is 372 g/mol. The first-order valence-electron chi connectivity index (χ1n) is 9.62. The summed E-state index contributed by atoms with van der Waals surface area (Å²) >= 11 is 0. The van der Waals surface area contributed by atoms with E-state index in [2.05, 4.69) is 22.3 Å². The highest BCUT2D eigenvalue weighted by Crippen LogP contribution is 2.26. The number of hydrogen-bond acceptors (Lipinski definition) is 6. The number of hydrogen-bond donors (Lipinski definition) is 1. The summed E-state index contributed by atoms with van der Waals surface area (Å²) in [7, 11) is 3.27. The second-order valence-corrected chi connectivity index (χ2v) is 7.01. The van der Waals surface area contributed by atoms with Gasteiger partial charge in [0.15, 0.2) is 0 Å². The number of rotatable bonds is 6. The van der Waals surface area contributed by atoms with Gasteiger partial charge in [-0.25, -0.2) is 0 Å². The molecular formula is C21H26N4O4. The van der Waals surface area contributed by atoms with Gasteiger partial charge in [-0.3, -0.25) is 19.8 Å². The molecule has 154 valence electrons. The summed E-state index contributed by atoms with van der Waals surface area (Å²) in [6.07, 6.45) is 0.860. The molecule has 0 atom stereocenters. The third-order valence-electron chi connectivity index (χ3n) is 5.15. The Morgan fingerprint density at radius 1 is 1.14 bits per heavy atom. The van der Waals surface area contributed by atoms with Gasteiger partial charge in [0.2, 0.25) is 0 Å². The van der Waals surface area contributed by atoms with Crippen molar-refractivity contribution >= 4 is 17.3 Å². The van der Waals surface area contributed by atoms with Crippen LogP contribution in [0.25, 0.3) is 0 Å². The maximum Gasteiger partial charge on any atom is 0.293 e. The van der Waals surface area contributed by atoms with E-state index in [1.807, 2.05) is 12.1 Å². The van der Waals surface area contributed by atoms with E-state index in [1.165, 1.54) is 11.6 Å². The van der Waals surface area contributed by atoms with Gasteiger partial charge in [-0.15, -0.1) is 0 Å². The minimum Gasteiger partial charge on any atom is -0.497 e. The molecule has 1 aliphatic heterocycles. The maximum atomic E-state index is 12.9. The summed E-state index contributed by atoms with van der Waals surface area (Å²) in [5.41, 5.74) is 1.85. The number of methoxy groups -OCH3 is 1. The predicted molar refractivity (Wildman–Crippen MR) is 111 cm³/mol. The van der Waals surface area contributed by atoms with Crippen LogP contribution in [-0.4, -0.2) is 61.0 Å². The van der Waals surface area contributed by atoms with Crippen molar-refractivity contribution < 1.29 is 14.5 Å². The van der Waals surface area contributed by atoms with Crippen molar-refractivity contribution in [3.63, 3.8) is 0 Å². The van der Waals surface area contributed by atoms with E-state index < -0.39 is 4.92 Å². The molecule has 0 unspecified atom stereocenters. The lowest BCUT2D eigenvalue weighted by atomic mass is 10.1. The fraction of sp³-hybridized carbons (Fsp3) is 0.381. The summed E-state index contributed by atoms with van der Waals surface area (Å²) < 4.78 is 5.20. The Labute approximate surface area is 170 Å². The molecule has 0 aromatic heterocycles. The molecule has 8 nitrogen and oxygen atoms in total. The van der Waals surface area contributed by atoms with Gasteiger partial charge in [-0.05, 0) is 36.2 Å². The van der Waals surface area contributed by atoms with Gasteiger partial charge in [0, 0.05) is 51.4 Å². The summed E-state index contributed by atoms with van der Waals surface area (Å²) in [5, 5.41) is 14.1. The summed E-state index contributed by atoms with van der Waals surface area (Å²) in [6.45, 7) is 3.70. The number of nitrogens with zero attached hydrogens (tertiary/aromatic N) is 3. The molecule has 1 N–H and O–H groups in total. The minimum absolute atomic E-state index is 0.0886. The highest BCUT2D eigenvalue weighted by Gasteiger charge is 2.23. The molecule has 1 fully saturated rings. The van der Waals surface area contributed by atoms with E-state index in [-0.39, 0.29) is 11.6 Å². The number of amides is 1. The zero-order chi connectivity index (χ0) is 20.8. The molecule has 2 aromatic carbocycles. The van der Waals surface area contributed by atoms with Crippen LogP contribution in [0.4, 0.5) is 11.4 Å². The van der Waals surface area contributed by atoms with E-state index in [0.29, 0.717) is 24.3 Å². The third kappa shape index (κ3) is 5.03. The van der Waals surface area contributed by atoms with Crippen LogP contribution in [0.5, 0.6) is 5.75 Å². The predicted octanol–water partition coefficient (Wildman–Crippen LogP) is 2.99. The van der Waals surface area contributed by atoms with Crippen LogP contribution in [0.1, 0.15) is 22.3 Å². The third-order valence-corrected chi connectivity index (χ3v) is 5.15. The van der Waals surface area contributed by atoms with Crippen molar-refractivity contribution in [2.75, 3.05) is 45.7 Å². The van der Waals surface area contributed by atoms with Gasteiger partial charge in [-0.1, -0.05) is 12.1 Å². The van der Waals surface area contributed by atoms with E-state index >= 15 is 0 Å². The number of anilines is 1. The quantitative estimate of drug-likeness (QED) is 0.595. The average molecular weight is 398 g/mol. The Kier molecular flexibility index (Phi) is 6.66. The van der Waals surface area contributed by atoms with Gasteiger partial charge >= 0.3 is 0 Å². The minimum atomic E-state index is -0.471. The molecule has 0 saturated carbocycles. The van der Waals surface area contributed by atoms with Gasteiger partial charge in [-0.2, -0.15) is 0 Å². The van der Waals surface area contributed by atoms with Crippen LogP contribution in [0.2, 0.25) is 0 Å². The first-order valence-corrected chi connectivity index (χ1v) is 9.62. The fourth-order valence-corrected chi connectivity index (χ4v) is 3.53. The van der Waals surface area contributed by atoms with Crippen molar-refractivity contribution in [2.24, 2.45) is 0 Å². The van der Waals surface area contributed by atoms with Crippen molar-refractivity contribution in [1.29, 1.82) is 0 Å².